The Morgan fingerprint density at radius 1 is 0.353 bits per heavy atom. The van der Waals surface area contributed by atoms with E-state index in [2.05, 4.69) is 113 Å². The summed E-state index contributed by atoms with van der Waals surface area (Å²) < 4.78 is 13.7. The normalized spacial score (nSPS) is 11.6. The minimum absolute atomic E-state index is 0.538. The van der Waals surface area contributed by atoms with Crippen LogP contribution in [0.2, 0.25) is 0 Å². The molecule has 51 heavy (non-hydrogen) atoms. The summed E-state index contributed by atoms with van der Waals surface area (Å²) in [4.78, 5) is 15.2. The third kappa shape index (κ3) is 5.20. The molecule has 0 atom stereocenters. The molecule has 0 bridgehead atoms. The van der Waals surface area contributed by atoms with Crippen LogP contribution >= 0.6 is 15.9 Å². The van der Waals surface area contributed by atoms with Gasteiger partial charge in [0.25, 0.3) is 0 Å². The van der Waals surface area contributed by atoms with E-state index in [-0.39, 0.29) is 0 Å². The minimum Gasteiger partial charge on any atom is -0.456 e. The smallest absolute Gasteiger partial charge is 0.167 e. The van der Waals surface area contributed by atoms with Gasteiger partial charge < -0.3 is 8.83 Å². The van der Waals surface area contributed by atoms with Gasteiger partial charge in [-0.15, -0.1) is 0 Å². The molecular formula is C45H26BrN3O2. The number of benzene rings is 7. The molecule has 0 saturated carbocycles. The van der Waals surface area contributed by atoms with Crippen molar-refractivity contribution in [3.05, 3.63) is 162 Å². The van der Waals surface area contributed by atoms with E-state index >= 15 is 0 Å². The van der Waals surface area contributed by atoms with Crippen LogP contribution in [-0.2, 0) is 0 Å². The summed E-state index contributed by atoms with van der Waals surface area (Å²) in [7, 11) is 0. The number of nitrogens with zero attached hydrogens (tertiary/aromatic N) is 3. The monoisotopic (exact) mass is 719 g/mol. The zero-order valence-electron chi connectivity index (χ0n) is 27.0. The molecule has 0 spiro atoms. The number of hydrogen-bond acceptors (Lipinski definition) is 5. The number of rotatable bonds is 5. The molecule has 3 aromatic heterocycles. The van der Waals surface area contributed by atoms with Crippen LogP contribution in [0.25, 0.3) is 100 Å². The number of para-hydroxylation sites is 3. The summed E-state index contributed by atoms with van der Waals surface area (Å²) in [5.74, 6) is 1.67. The molecule has 0 N–H and O–H groups in total. The molecule has 0 amide bonds. The molecule has 3 heterocycles. The van der Waals surface area contributed by atoms with E-state index in [4.69, 9.17) is 23.8 Å². The Hall–Kier alpha value is -6.37. The van der Waals surface area contributed by atoms with Crippen LogP contribution in [0, 0.1) is 0 Å². The lowest BCUT2D eigenvalue weighted by Crippen LogP contribution is -2.00. The van der Waals surface area contributed by atoms with E-state index in [1.54, 1.807) is 0 Å². The van der Waals surface area contributed by atoms with Crippen LogP contribution in [0.4, 0.5) is 0 Å². The molecule has 0 aliphatic carbocycles. The largest absolute Gasteiger partial charge is 0.456 e. The molecule has 0 saturated heterocycles. The lowest BCUT2D eigenvalue weighted by molar-refractivity contribution is 0.668. The van der Waals surface area contributed by atoms with Crippen LogP contribution in [0.3, 0.4) is 0 Å². The highest BCUT2D eigenvalue weighted by atomic mass is 79.9. The van der Waals surface area contributed by atoms with Crippen molar-refractivity contribution in [2.24, 2.45) is 0 Å². The molecule has 10 rings (SSSR count). The standard InChI is InChI=1S/C45H26BrN3O2/c46-33-8-5-7-31(25-33)29-17-15-27(16-18-29)28-19-21-30(22-20-28)43-47-44(32-23-24-36-34-9-1-3-13-39(34)50-41(36)26-32)49-45(48-43)38-12-6-11-37-35-10-2-4-14-40(35)51-42(37)38/h1-26H. The molecule has 0 unspecified atom stereocenters. The SMILES string of the molecule is Brc1cccc(-c2ccc(-c3ccc(-c4nc(-c5ccc6c(c5)oc5ccccc56)nc(-c5cccc6c5oc5ccccc56)n4)cc3)cc2)c1. The maximum absolute atomic E-state index is 6.41. The van der Waals surface area contributed by atoms with Crippen LogP contribution in [0.1, 0.15) is 0 Å². The molecular weight excluding hydrogens is 694 g/mol. The van der Waals surface area contributed by atoms with Crippen LogP contribution in [0.5, 0.6) is 0 Å². The van der Waals surface area contributed by atoms with E-state index in [0.29, 0.717) is 17.5 Å². The predicted molar refractivity (Wildman–Crippen MR) is 209 cm³/mol. The van der Waals surface area contributed by atoms with Gasteiger partial charge in [-0.25, -0.2) is 15.0 Å². The third-order valence-electron chi connectivity index (χ3n) is 9.44. The molecule has 5 nitrogen and oxygen atoms in total. The second-order valence-corrected chi connectivity index (χ2v) is 13.5. The molecule has 240 valence electrons. The number of halogens is 1. The Balaban J connectivity index is 1.09. The summed E-state index contributed by atoms with van der Waals surface area (Å²) in [6.07, 6.45) is 0. The van der Waals surface area contributed by atoms with Gasteiger partial charge in [-0.2, -0.15) is 0 Å². The molecule has 10 aromatic rings. The van der Waals surface area contributed by atoms with Crippen molar-refractivity contribution < 1.29 is 8.83 Å². The minimum atomic E-state index is 0.538. The maximum atomic E-state index is 6.41. The lowest BCUT2D eigenvalue weighted by atomic mass is 9.99. The van der Waals surface area contributed by atoms with Gasteiger partial charge in [-0.3, -0.25) is 0 Å². The van der Waals surface area contributed by atoms with Crippen LogP contribution < -0.4 is 0 Å². The Kier molecular flexibility index (Phi) is 6.89. The number of aromatic nitrogens is 3. The quantitative estimate of drug-likeness (QED) is 0.177. The molecule has 6 heteroatoms. The van der Waals surface area contributed by atoms with Gasteiger partial charge in [0.05, 0.1) is 5.56 Å². The predicted octanol–water partition coefficient (Wildman–Crippen LogP) is 12.8. The van der Waals surface area contributed by atoms with E-state index < -0.39 is 0 Å². The first-order valence-electron chi connectivity index (χ1n) is 16.7. The van der Waals surface area contributed by atoms with Gasteiger partial charge in [0.1, 0.15) is 22.3 Å². The fourth-order valence-corrected chi connectivity index (χ4v) is 7.28. The highest BCUT2D eigenvalue weighted by Gasteiger charge is 2.18. The first-order valence-corrected chi connectivity index (χ1v) is 17.5. The van der Waals surface area contributed by atoms with Crippen molar-refractivity contribution in [3.63, 3.8) is 0 Å². The van der Waals surface area contributed by atoms with E-state index in [1.807, 2.05) is 60.7 Å². The Labute approximate surface area is 301 Å². The number of furan rings is 2. The van der Waals surface area contributed by atoms with E-state index in [9.17, 15) is 0 Å². The van der Waals surface area contributed by atoms with Crippen molar-refractivity contribution in [3.8, 4) is 56.4 Å². The first-order chi connectivity index (χ1) is 25.1. The average molecular weight is 721 g/mol. The zero-order chi connectivity index (χ0) is 33.9. The summed E-state index contributed by atoms with van der Waals surface area (Å²) in [5.41, 5.74) is 10.3. The summed E-state index contributed by atoms with van der Waals surface area (Å²) >= 11 is 3.58. The van der Waals surface area contributed by atoms with E-state index in [1.165, 1.54) is 11.1 Å². The van der Waals surface area contributed by atoms with Crippen molar-refractivity contribution >= 4 is 59.8 Å². The molecule has 7 aromatic carbocycles. The molecule has 0 aliphatic rings. The number of hydrogen-bond donors (Lipinski definition) is 0. The fourth-order valence-electron chi connectivity index (χ4n) is 6.88. The van der Waals surface area contributed by atoms with Gasteiger partial charge in [-0.1, -0.05) is 131 Å². The summed E-state index contributed by atoms with van der Waals surface area (Å²) in [5, 5.41) is 4.21. The van der Waals surface area contributed by atoms with Crippen LogP contribution in [-0.4, -0.2) is 15.0 Å². The second kappa shape index (κ2) is 11.9. The zero-order valence-corrected chi connectivity index (χ0v) is 28.6. The Morgan fingerprint density at radius 3 is 1.61 bits per heavy atom. The van der Waals surface area contributed by atoms with Gasteiger partial charge in [0.15, 0.2) is 17.5 Å². The van der Waals surface area contributed by atoms with Gasteiger partial charge in [-0.05, 0) is 64.7 Å². The summed E-state index contributed by atoms with van der Waals surface area (Å²) in [6, 6.07) is 53.8. The van der Waals surface area contributed by atoms with Gasteiger partial charge in [0.2, 0.25) is 0 Å². The van der Waals surface area contributed by atoms with Crippen molar-refractivity contribution in [1.82, 2.24) is 15.0 Å². The van der Waals surface area contributed by atoms with Gasteiger partial charge in [0, 0.05) is 37.1 Å². The van der Waals surface area contributed by atoms with Crippen LogP contribution in [0.15, 0.2) is 171 Å². The molecule has 0 fully saturated rings. The highest BCUT2D eigenvalue weighted by molar-refractivity contribution is 9.10. The lowest BCUT2D eigenvalue weighted by Gasteiger charge is -2.10. The maximum Gasteiger partial charge on any atom is 0.167 e. The van der Waals surface area contributed by atoms with Gasteiger partial charge >= 0.3 is 0 Å². The Bertz CT molecular complexity index is 2930. The van der Waals surface area contributed by atoms with Crippen molar-refractivity contribution in [2.45, 2.75) is 0 Å². The molecule has 0 radical (unpaired) electrons. The third-order valence-corrected chi connectivity index (χ3v) is 9.93. The number of fused-ring (bicyclic) bond motifs is 6. The van der Waals surface area contributed by atoms with Crippen molar-refractivity contribution in [1.29, 1.82) is 0 Å². The molecule has 0 aliphatic heterocycles. The fraction of sp³-hybridized carbons (Fsp3) is 0. The second-order valence-electron chi connectivity index (χ2n) is 12.6. The first kappa shape index (κ1) is 29.5. The highest BCUT2D eigenvalue weighted by Crippen LogP contribution is 2.37. The van der Waals surface area contributed by atoms with Crippen molar-refractivity contribution in [2.75, 3.05) is 0 Å². The Morgan fingerprint density at radius 2 is 0.882 bits per heavy atom. The average Bonchev–Trinajstić information content (AvgIpc) is 3.76. The van der Waals surface area contributed by atoms with E-state index in [0.717, 1.165) is 76.2 Å². The topological polar surface area (TPSA) is 65.0 Å². The summed E-state index contributed by atoms with van der Waals surface area (Å²) in [6.45, 7) is 0.